The zero-order chi connectivity index (χ0) is 12.5. The van der Waals surface area contributed by atoms with Crippen molar-refractivity contribution >= 4 is 11.0 Å². The molecule has 88 valence electrons. The van der Waals surface area contributed by atoms with Gasteiger partial charge in [-0.3, -0.25) is 9.78 Å². The summed E-state index contributed by atoms with van der Waals surface area (Å²) in [5.41, 5.74) is 2.37. The molecule has 5 heteroatoms. The van der Waals surface area contributed by atoms with Crippen LogP contribution in [0.25, 0.3) is 22.4 Å². The molecule has 3 heterocycles. The number of aryl methyl sites for hydroxylation is 1. The van der Waals surface area contributed by atoms with Crippen LogP contribution < -0.4 is 5.43 Å². The predicted octanol–water partition coefficient (Wildman–Crippen LogP) is 1.69. The van der Waals surface area contributed by atoms with Gasteiger partial charge in [0, 0.05) is 36.4 Å². The van der Waals surface area contributed by atoms with E-state index in [1.807, 2.05) is 13.0 Å². The van der Waals surface area contributed by atoms with E-state index in [2.05, 4.69) is 19.9 Å². The maximum absolute atomic E-state index is 11.6. The normalized spacial score (nSPS) is 10.7. The van der Waals surface area contributed by atoms with Gasteiger partial charge in [0.2, 0.25) is 0 Å². The molecule has 0 atom stereocenters. The van der Waals surface area contributed by atoms with Crippen LogP contribution in [0.15, 0.2) is 41.7 Å². The average Bonchev–Trinajstić information content (AvgIpc) is 2.39. The lowest BCUT2D eigenvalue weighted by Crippen LogP contribution is -2.03. The molecule has 0 spiro atoms. The third kappa shape index (κ3) is 1.66. The van der Waals surface area contributed by atoms with E-state index in [0.29, 0.717) is 16.9 Å². The van der Waals surface area contributed by atoms with Gasteiger partial charge >= 0.3 is 0 Å². The first-order chi connectivity index (χ1) is 8.75. The molecule has 3 rings (SSSR count). The molecule has 0 aliphatic carbocycles. The van der Waals surface area contributed by atoms with Crippen LogP contribution in [0.2, 0.25) is 0 Å². The topological polar surface area (TPSA) is 71.5 Å². The van der Waals surface area contributed by atoms with Gasteiger partial charge in [-0.2, -0.15) is 0 Å². The minimum absolute atomic E-state index is 0.0817. The van der Waals surface area contributed by atoms with Crippen LogP contribution in [0.4, 0.5) is 0 Å². The molecular weight excluding hydrogens is 228 g/mol. The van der Waals surface area contributed by atoms with Gasteiger partial charge in [0.25, 0.3) is 0 Å². The molecule has 0 aromatic carbocycles. The smallest absolute Gasteiger partial charge is 0.192 e. The van der Waals surface area contributed by atoms with Crippen molar-refractivity contribution in [1.82, 2.24) is 19.9 Å². The minimum Gasteiger partial charge on any atom is -0.346 e. The van der Waals surface area contributed by atoms with E-state index in [1.54, 1.807) is 24.8 Å². The molecule has 18 heavy (non-hydrogen) atoms. The van der Waals surface area contributed by atoms with E-state index < -0.39 is 0 Å². The van der Waals surface area contributed by atoms with E-state index in [-0.39, 0.29) is 5.43 Å². The summed E-state index contributed by atoms with van der Waals surface area (Å²) >= 11 is 0. The minimum atomic E-state index is -0.0817. The Morgan fingerprint density at radius 3 is 2.94 bits per heavy atom. The SMILES string of the molecule is Cc1cnccc1-c1ncc2c(=O)cc[nH]c2n1. The molecule has 0 bridgehead atoms. The highest BCUT2D eigenvalue weighted by Crippen LogP contribution is 2.18. The van der Waals surface area contributed by atoms with Crippen molar-refractivity contribution in [1.29, 1.82) is 0 Å². The van der Waals surface area contributed by atoms with E-state index >= 15 is 0 Å². The van der Waals surface area contributed by atoms with Crippen LogP contribution in [0.1, 0.15) is 5.56 Å². The van der Waals surface area contributed by atoms with Gasteiger partial charge in [-0.05, 0) is 18.6 Å². The Morgan fingerprint density at radius 1 is 1.22 bits per heavy atom. The van der Waals surface area contributed by atoms with Crippen LogP contribution in [-0.4, -0.2) is 19.9 Å². The molecule has 0 aliphatic rings. The molecule has 0 fully saturated rings. The average molecular weight is 238 g/mol. The van der Waals surface area contributed by atoms with Gasteiger partial charge in [0.05, 0.1) is 5.39 Å². The van der Waals surface area contributed by atoms with Crippen LogP contribution in [0.3, 0.4) is 0 Å². The first-order valence-corrected chi connectivity index (χ1v) is 5.51. The molecule has 5 nitrogen and oxygen atoms in total. The number of hydrogen-bond donors (Lipinski definition) is 1. The molecule has 0 unspecified atom stereocenters. The van der Waals surface area contributed by atoms with Crippen LogP contribution in [-0.2, 0) is 0 Å². The van der Waals surface area contributed by atoms with Crippen molar-refractivity contribution in [3.05, 3.63) is 52.7 Å². The molecule has 3 aromatic heterocycles. The number of nitrogens with zero attached hydrogens (tertiary/aromatic N) is 3. The molecule has 3 aromatic rings. The summed E-state index contributed by atoms with van der Waals surface area (Å²) in [5.74, 6) is 0.587. The summed E-state index contributed by atoms with van der Waals surface area (Å²) in [4.78, 5) is 27.2. The highest BCUT2D eigenvalue weighted by Gasteiger charge is 2.07. The van der Waals surface area contributed by atoms with Gasteiger partial charge in [-0.15, -0.1) is 0 Å². The molecule has 0 radical (unpaired) electrons. The monoisotopic (exact) mass is 238 g/mol. The van der Waals surface area contributed by atoms with Crippen LogP contribution in [0, 0.1) is 6.92 Å². The zero-order valence-corrected chi connectivity index (χ0v) is 9.71. The molecule has 0 saturated heterocycles. The number of hydrogen-bond acceptors (Lipinski definition) is 4. The Labute approximate surface area is 103 Å². The molecule has 0 saturated carbocycles. The Bertz CT molecular complexity index is 779. The number of pyridine rings is 2. The Kier molecular flexibility index (Phi) is 2.37. The first kappa shape index (κ1) is 10.6. The fraction of sp³-hybridized carbons (Fsp3) is 0.0769. The highest BCUT2D eigenvalue weighted by atomic mass is 16.1. The second-order valence-electron chi connectivity index (χ2n) is 3.99. The largest absolute Gasteiger partial charge is 0.346 e. The van der Waals surface area contributed by atoms with Crippen molar-refractivity contribution in [2.24, 2.45) is 0 Å². The van der Waals surface area contributed by atoms with Gasteiger partial charge in [0.1, 0.15) is 5.65 Å². The lowest BCUT2D eigenvalue weighted by Gasteiger charge is -2.04. The van der Waals surface area contributed by atoms with Crippen molar-refractivity contribution < 1.29 is 0 Å². The fourth-order valence-corrected chi connectivity index (χ4v) is 1.81. The van der Waals surface area contributed by atoms with E-state index in [4.69, 9.17) is 0 Å². The van der Waals surface area contributed by atoms with Crippen molar-refractivity contribution in [2.75, 3.05) is 0 Å². The van der Waals surface area contributed by atoms with E-state index in [0.717, 1.165) is 11.1 Å². The Hall–Kier alpha value is -2.56. The maximum Gasteiger partial charge on any atom is 0.192 e. The summed E-state index contributed by atoms with van der Waals surface area (Å²) < 4.78 is 0. The number of fused-ring (bicyclic) bond motifs is 1. The van der Waals surface area contributed by atoms with Gasteiger partial charge in [-0.25, -0.2) is 9.97 Å². The molecule has 0 aliphatic heterocycles. The Morgan fingerprint density at radius 2 is 2.11 bits per heavy atom. The molecule has 1 N–H and O–H groups in total. The Balaban J connectivity index is 2.27. The quantitative estimate of drug-likeness (QED) is 0.700. The van der Waals surface area contributed by atoms with Crippen molar-refractivity contribution in [3.63, 3.8) is 0 Å². The summed E-state index contributed by atoms with van der Waals surface area (Å²) in [6.45, 7) is 1.95. The van der Waals surface area contributed by atoms with Gasteiger partial charge in [-0.1, -0.05) is 0 Å². The fourth-order valence-electron chi connectivity index (χ4n) is 1.81. The lowest BCUT2D eigenvalue weighted by molar-refractivity contribution is 1.16. The first-order valence-electron chi connectivity index (χ1n) is 5.51. The number of H-pyrrole nitrogens is 1. The second-order valence-corrected chi connectivity index (χ2v) is 3.99. The van der Waals surface area contributed by atoms with Crippen LogP contribution >= 0.6 is 0 Å². The molecular formula is C13H10N4O. The maximum atomic E-state index is 11.6. The van der Waals surface area contributed by atoms with Gasteiger partial charge < -0.3 is 4.98 Å². The third-order valence-corrected chi connectivity index (χ3v) is 2.77. The number of nitrogens with one attached hydrogen (secondary N) is 1. The standard InChI is InChI=1S/C13H10N4O/c1-8-6-14-4-2-9(8)12-16-7-10-11(18)3-5-15-13(10)17-12/h2-7H,1H3,(H,15,16,17,18). The zero-order valence-electron chi connectivity index (χ0n) is 9.71. The predicted molar refractivity (Wildman–Crippen MR) is 68.1 cm³/mol. The number of rotatable bonds is 1. The summed E-state index contributed by atoms with van der Waals surface area (Å²) in [6, 6.07) is 3.32. The van der Waals surface area contributed by atoms with E-state index in [1.165, 1.54) is 6.07 Å². The number of aromatic amines is 1. The highest BCUT2D eigenvalue weighted by molar-refractivity contribution is 5.75. The van der Waals surface area contributed by atoms with Crippen molar-refractivity contribution in [2.45, 2.75) is 6.92 Å². The third-order valence-electron chi connectivity index (χ3n) is 2.77. The van der Waals surface area contributed by atoms with Crippen LogP contribution in [0.5, 0.6) is 0 Å². The number of aromatic nitrogens is 4. The lowest BCUT2D eigenvalue weighted by atomic mass is 10.1. The van der Waals surface area contributed by atoms with Crippen molar-refractivity contribution in [3.8, 4) is 11.4 Å². The summed E-state index contributed by atoms with van der Waals surface area (Å²) in [6.07, 6.45) is 6.59. The molecule has 0 amide bonds. The van der Waals surface area contributed by atoms with Gasteiger partial charge in [0.15, 0.2) is 11.3 Å². The van der Waals surface area contributed by atoms with E-state index in [9.17, 15) is 4.79 Å². The second kappa shape index (κ2) is 4.03. The summed E-state index contributed by atoms with van der Waals surface area (Å²) in [5, 5.41) is 0.493. The summed E-state index contributed by atoms with van der Waals surface area (Å²) in [7, 11) is 0.